The molecule has 1 heterocycles. The van der Waals surface area contributed by atoms with Gasteiger partial charge >= 0.3 is 0 Å². The molecule has 0 saturated carbocycles. The van der Waals surface area contributed by atoms with E-state index in [-0.39, 0.29) is 11.7 Å². The van der Waals surface area contributed by atoms with Crippen LogP contribution in [-0.2, 0) is 10.0 Å². The molecule has 0 atom stereocenters. The van der Waals surface area contributed by atoms with Gasteiger partial charge in [0.15, 0.2) is 0 Å². The highest BCUT2D eigenvalue weighted by atomic mass is 32.2. The van der Waals surface area contributed by atoms with Gasteiger partial charge in [0, 0.05) is 5.56 Å². The molecule has 3 aromatic carbocycles. The van der Waals surface area contributed by atoms with Crippen LogP contribution >= 0.6 is 0 Å². The van der Waals surface area contributed by atoms with Crippen LogP contribution in [0.4, 0.5) is 22.7 Å². The quantitative estimate of drug-likeness (QED) is 0.566. The van der Waals surface area contributed by atoms with Gasteiger partial charge in [0.2, 0.25) is 10.0 Å². The normalized spacial score (nSPS) is 12.8. The molecule has 7 heteroatoms. The molecule has 0 aliphatic carbocycles. The Labute approximate surface area is 170 Å². The average Bonchev–Trinajstić information content (AvgIpc) is 2.83. The predicted octanol–water partition coefficient (Wildman–Crippen LogP) is 4.81. The lowest BCUT2D eigenvalue weighted by atomic mass is 10.0. The number of hydrogen-bond donors (Lipinski definition) is 3. The summed E-state index contributed by atoms with van der Waals surface area (Å²) in [6, 6.07) is 20.2. The summed E-state index contributed by atoms with van der Waals surface area (Å²) in [4.78, 5) is 12.6. The lowest BCUT2D eigenvalue weighted by molar-refractivity contribution is 0.102. The fourth-order valence-corrected chi connectivity index (χ4v) is 4.51. The number of hydrogen-bond acceptors (Lipinski definition) is 4. The Morgan fingerprint density at radius 2 is 1.52 bits per heavy atom. The molecule has 4 rings (SSSR count). The van der Waals surface area contributed by atoms with Gasteiger partial charge in [0.25, 0.3) is 5.91 Å². The van der Waals surface area contributed by atoms with Crippen LogP contribution in [0.1, 0.15) is 23.7 Å². The summed E-state index contributed by atoms with van der Waals surface area (Å²) in [7, 11) is -3.42. The lowest BCUT2D eigenvalue weighted by Gasteiger charge is -2.14. The van der Waals surface area contributed by atoms with Gasteiger partial charge in [-0.1, -0.05) is 43.3 Å². The third kappa shape index (κ3) is 3.95. The number of para-hydroxylation sites is 3. The second-order valence-corrected chi connectivity index (χ2v) is 8.69. The molecule has 0 bridgehead atoms. The van der Waals surface area contributed by atoms with Crippen LogP contribution in [0.15, 0.2) is 66.7 Å². The predicted molar refractivity (Wildman–Crippen MR) is 117 cm³/mol. The first-order valence-corrected chi connectivity index (χ1v) is 11.0. The number of anilines is 4. The number of sulfonamides is 1. The first kappa shape index (κ1) is 19.0. The van der Waals surface area contributed by atoms with Gasteiger partial charge in [0.1, 0.15) is 0 Å². The summed E-state index contributed by atoms with van der Waals surface area (Å²) < 4.78 is 27.2. The Morgan fingerprint density at radius 1 is 0.828 bits per heavy atom. The summed E-state index contributed by atoms with van der Waals surface area (Å²) in [5.74, 6) is -0.134. The van der Waals surface area contributed by atoms with Crippen LogP contribution in [0.25, 0.3) is 11.1 Å². The number of amides is 1. The molecule has 0 fully saturated rings. The first-order chi connectivity index (χ1) is 14.0. The number of nitrogens with one attached hydrogen (secondary N) is 3. The van der Waals surface area contributed by atoms with Crippen molar-refractivity contribution < 1.29 is 13.2 Å². The molecule has 1 amide bonds. The molecule has 1 aliphatic rings. The minimum Gasteiger partial charge on any atom is -0.353 e. The fourth-order valence-electron chi connectivity index (χ4n) is 3.36. The van der Waals surface area contributed by atoms with E-state index in [0.29, 0.717) is 29.0 Å². The van der Waals surface area contributed by atoms with Gasteiger partial charge in [0.05, 0.1) is 34.1 Å². The number of benzene rings is 3. The van der Waals surface area contributed by atoms with Crippen LogP contribution < -0.4 is 15.4 Å². The summed E-state index contributed by atoms with van der Waals surface area (Å²) >= 11 is 0. The molecule has 0 saturated heterocycles. The van der Waals surface area contributed by atoms with Gasteiger partial charge in [-0.05, 0) is 42.3 Å². The average molecular weight is 407 g/mol. The van der Waals surface area contributed by atoms with Crippen LogP contribution in [0, 0.1) is 0 Å². The zero-order valence-corrected chi connectivity index (χ0v) is 16.7. The van der Waals surface area contributed by atoms with Crippen LogP contribution in [0.2, 0.25) is 0 Å². The Kier molecular flexibility index (Phi) is 4.98. The molecule has 148 valence electrons. The SMILES string of the molecule is CCCS(=O)(=O)Nc1ccccc1-c1ccc2c(c1)Nc1ccccc1NC2=O. The van der Waals surface area contributed by atoms with Crippen LogP contribution in [0.5, 0.6) is 0 Å². The molecule has 0 unspecified atom stereocenters. The van der Waals surface area contributed by atoms with E-state index in [1.54, 1.807) is 18.2 Å². The number of carbonyl (C=O) groups excluding carboxylic acids is 1. The highest BCUT2D eigenvalue weighted by Crippen LogP contribution is 2.36. The van der Waals surface area contributed by atoms with Crippen molar-refractivity contribution in [2.75, 3.05) is 21.1 Å². The first-order valence-electron chi connectivity index (χ1n) is 9.38. The van der Waals surface area contributed by atoms with Crippen molar-refractivity contribution in [3.05, 3.63) is 72.3 Å². The maximum absolute atomic E-state index is 12.6. The van der Waals surface area contributed by atoms with Crippen molar-refractivity contribution in [2.45, 2.75) is 13.3 Å². The summed E-state index contributed by atoms with van der Waals surface area (Å²) in [5, 5.41) is 6.21. The summed E-state index contributed by atoms with van der Waals surface area (Å²) in [5.41, 5.74) is 4.76. The Balaban J connectivity index is 1.76. The van der Waals surface area contributed by atoms with E-state index in [4.69, 9.17) is 0 Å². The van der Waals surface area contributed by atoms with Crippen molar-refractivity contribution in [1.82, 2.24) is 0 Å². The van der Waals surface area contributed by atoms with Gasteiger partial charge in [-0.2, -0.15) is 0 Å². The highest BCUT2D eigenvalue weighted by molar-refractivity contribution is 7.92. The molecule has 0 spiro atoms. The van der Waals surface area contributed by atoms with Crippen molar-refractivity contribution >= 4 is 38.7 Å². The Hall–Kier alpha value is -3.32. The van der Waals surface area contributed by atoms with Crippen molar-refractivity contribution in [3.63, 3.8) is 0 Å². The number of rotatable bonds is 5. The molecular weight excluding hydrogens is 386 g/mol. The van der Waals surface area contributed by atoms with Crippen molar-refractivity contribution in [2.24, 2.45) is 0 Å². The van der Waals surface area contributed by atoms with Gasteiger partial charge < -0.3 is 10.6 Å². The Bertz CT molecular complexity index is 1190. The van der Waals surface area contributed by atoms with E-state index in [0.717, 1.165) is 16.8 Å². The monoisotopic (exact) mass is 407 g/mol. The van der Waals surface area contributed by atoms with Crippen molar-refractivity contribution in [1.29, 1.82) is 0 Å². The highest BCUT2D eigenvalue weighted by Gasteiger charge is 2.20. The van der Waals surface area contributed by atoms with Crippen molar-refractivity contribution in [3.8, 4) is 11.1 Å². The van der Waals surface area contributed by atoms with Gasteiger partial charge in [-0.25, -0.2) is 8.42 Å². The second-order valence-electron chi connectivity index (χ2n) is 6.85. The molecule has 29 heavy (non-hydrogen) atoms. The Morgan fingerprint density at radius 3 is 2.28 bits per heavy atom. The molecule has 0 aromatic heterocycles. The number of fused-ring (bicyclic) bond motifs is 2. The van der Waals surface area contributed by atoms with Crippen LogP contribution in [0.3, 0.4) is 0 Å². The maximum atomic E-state index is 12.6. The van der Waals surface area contributed by atoms with Gasteiger partial charge in [-0.3, -0.25) is 9.52 Å². The summed E-state index contributed by atoms with van der Waals surface area (Å²) in [6.45, 7) is 1.83. The smallest absolute Gasteiger partial charge is 0.257 e. The lowest BCUT2D eigenvalue weighted by Crippen LogP contribution is -2.16. The summed E-state index contributed by atoms with van der Waals surface area (Å²) in [6.07, 6.45) is 0.536. The number of carbonyl (C=O) groups is 1. The molecule has 3 N–H and O–H groups in total. The zero-order valence-electron chi connectivity index (χ0n) is 15.9. The van der Waals surface area contributed by atoms with E-state index in [9.17, 15) is 13.2 Å². The molecule has 6 nitrogen and oxygen atoms in total. The minimum atomic E-state index is -3.42. The standard InChI is InChI=1S/C22H21N3O3S/c1-2-13-29(27,28)25-18-8-4-3-7-16(18)15-11-12-17-21(14-15)23-19-9-5-6-10-20(19)24-22(17)26/h3-12,14,23,25H,2,13H2,1H3,(H,24,26). The maximum Gasteiger partial charge on any atom is 0.257 e. The topological polar surface area (TPSA) is 87.3 Å². The molecule has 3 aromatic rings. The molecular formula is C22H21N3O3S. The van der Waals surface area contributed by atoms with E-state index in [1.807, 2.05) is 55.5 Å². The minimum absolute atomic E-state index is 0.0596. The third-order valence-electron chi connectivity index (χ3n) is 4.69. The molecule has 1 aliphatic heterocycles. The van der Waals surface area contributed by atoms with E-state index < -0.39 is 10.0 Å². The zero-order chi connectivity index (χ0) is 20.4. The third-order valence-corrected chi connectivity index (χ3v) is 6.16. The molecule has 0 radical (unpaired) electrons. The fraction of sp³-hybridized carbons (Fsp3) is 0.136. The van der Waals surface area contributed by atoms with Crippen LogP contribution in [-0.4, -0.2) is 20.1 Å². The van der Waals surface area contributed by atoms with E-state index in [1.165, 1.54) is 0 Å². The largest absolute Gasteiger partial charge is 0.353 e. The second kappa shape index (κ2) is 7.60. The van der Waals surface area contributed by atoms with E-state index in [2.05, 4.69) is 15.4 Å². The van der Waals surface area contributed by atoms with Gasteiger partial charge in [-0.15, -0.1) is 0 Å². The van der Waals surface area contributed by atoms with E-state index >= 15 is 0 Å².